The second kappa shape index (κ2) is 11.4. The van der Waals surface area contributed by atoms with Gasteiger partial charge in [-0.05, 0) is 50.2 Å². The van der Waals surface area contributed by atoms with Crippen LogP contribution in [-0.2, 0) is 4.79 Å². The molecule has 0 radical (unpaired) electrons. The predicted molar refractivity (Wildman–Crippen MR) is 140 cm³/mol. The minimum Gasteiger partial charge on any atom is -0.492 e. The van der Waals surface area contributed by atoms with Gasteiger partial charge in [0.15, 0.2) is 0 Å². The van der Waals surface area contributed by atoms with Gasteiger partial charge in [0, 0.05) is 35.4 Å². The highest BCUT2D eigenvalue weighted by atomic mass is 19.4. The molecule has 4 rings (SSSR count). The average molecular weight is 559 g/mol. The summed E-state index contributed by atoms with van der Waals surface area (Å²) in [7, 11) is 0. The molecule has 1 aromatic carbocycles. The largest absolute Gasteiger partial charge is 0.573 e. The van der Waals surface area contributed by atoms with Crippen LogP contribution >= 0.6 is 0 Å². The van der Waals surface area contributed by atoms with Gasteiger partial charge >= 0.3 is 12.4 Å². The zero-order valence-electron chi connectivity index (χ0n) is 22.4. The molecule has 0 spiro atoms. The summed E-state index contributed by atoms with van der Waals surface area (Å²) >= 11 is 0. The minimum absolute atomic E-state index is 0.0813. The van der Waals surface area contributed by atoms with Crippen molar-refractivity contribution >= 4 is 17.6 Å². The number of urea groups is 1. The first kappa shape index (κ1) is 28.7. The number of carbonyl (C=O) groups excluding carboxylic acids is 2. The molecule has 3 heterocycles. The van der Waals surface area contributed by atoms with Crippen LogP contribution in [0.5, 0.6) is 17.2 Å². The molecular formula is C28H29F3N4O5. The lowest BCUT2D eigenvalue weighted by Crippen LogP contribution is -2.55. The number of aromatic nitrogens is 2. The molecule has 212 valence electrons. The highest BCUT2D eigenvalue weighted by Gasteiger charge is 2.59. The number of halogens is 3. The van der Waals surface area contributed by atoms with E-state index in [0.717, 1.165) is 17.0 Å². The van der Waals surface area contributed by atoms with Crippen LogP contribution in [0.1, 0.15) is 50.7 Å². The number of amides is 3. The summed E-state index contributed by atoms with van der Waals surface area (Å²) in [5.74, 6) is -1.46. The Hall–Kier alpha value is -4.35. The van der Waals surface area contributed by atoms with Crippen LogP contribution in [0.15, 0.2) is 61.2 Å². The van der Waals surface area contributed by atoms with Crippen LogP contribution in [0.25, 0.3) is 0 Å². The molecular weight excluding hydrogens is 529 g/mol. The number of rotatable bonds is 10. The van der Waals surface area contributed by atoms with E-state index in [1.54, 1.807) is 50.8 Å². The molecule has 2 atom stereocenters. The molecule has 2 unspecified atom stereocenters. The second-order valence-electron chi connectivity index (χ2n) is 9.12. The summed E-state index contributed by atoms with van der Waals surface area (Å²) < 4.78 is 53.5. The van der Waals surface area contributed by atoms with E-state index in [1.165, 1.54) is 12.1 Å². The van der Waals surface area contributed by atoms with Gasteiger partial charge < -0.3 is 19.5 Å². The van der Waals surface area contributed by atoms with Crippen LogP contribution in [0.4, 0.5) is 23.7 Å². The van der Waals surface area contributed by atoms with E-state index in [4.69, 9.17) is 9.47 Å². The maximum atomic E-state index is 14.4. The van der Waals surface area contributed by atoms with Crippen molar-refractivity contribution in [3.63, 3.8) is 0 Å². The highest BCUT2D eigenvalue weighted by Crippen LogP contribution is 2.48. The monoisotopic (exact) mass is 558 g/mol. The van der Waals surface area contributed by atoms with E-state index in [9.17, 15) is 22.8 Å². The van der Waals surface area contributed by atoms with Crippen LogP contribution in [0.3, 0.4) is 0 Å². The van der Waals surface area contributed by atoms with E-state index < -0.39 is 41.4 Å². The van der Waals surface area contributed by atoms with E-state index in [2.05, 4.69) is 20.0 Å². The number of alkyl halides is 3. The number of carbonyl (C=O) groups is 2. The van der Waals surface area contributed by atoms with Crippen molar-refractivity contribution < 1.29 is 37.0 Å². The first-order valence-corrected chi connectivity index (χ1v) is 12.7. The van der Waals surface area contributed by atoms with Crippen LogP contribution in [0.2, 0.25) is 0 Å². The summed E-state index contributed by atoms with van der Waals surface area (Å²) in [6.07, 6.45) is 1.36. The molecule has 0 bridgehead atoms. The summed E-state index contributed by atoms with van der Waals surface area (Å²) in [4.78, 5) is 37.1. The number of imide groups is 1. The molecule has 0 aliphatic carbocycles. The van der Waals surface area contributed by atoms with Crippen LogP contribution in [-0.4, -0.2) is 47.0 Å². The van der Waals surface area contributed by atoms with Crippen molar-refractivity contribution in [1.82, 2.24) is 15.3 Å². The quantitative estimate of drug-likeness (QED) is 0.324. The van der Waals surface area contributed by atoms with Crippen molar-refractivity contribution in [3.05, 3.63) is 72.3 Å². The van der Waals surface area contributed by atoms with E-state index in [-0.39, 0.29) is 5.69 Å². The molecule has 1 aliphatic heterocycles. The van der Waals surface area contributed by atoms with Crippen LogP contribution < -0.4 is 24.4 Å². The summed E-state index contributed by atoms with van der Waals surface area (Å²) in [5.41, 5.74) is -0.198. The molecule has 40 heavy (non-hydrogen) atoms. The van der Waals surface area contributed by atoms with Crippen molar-refractivity contribution in [2.75, 3.05) is 18.1 Å². The molecule has 12 heteroatoms. The molecule has 9 nitrogen and oxygen atoms in total. The van der Waals surface area contributed by atoms with E-state index in [1.807, 2.05) is 13.8 Å². The fourth-order valence-electron chi connectivity index (χ4n) is 5.10. The van der Waals surface area contributed by atoms with Gasteiger partial charge in [0.1, 0.15) is 22.8 Å². The van der Waals surface area contributed by atoms with Gasteiger partial charge in [0.05, 0.1) is 31.3 Å². The minimum atomic E-state index is -4.88. The Morgan fingerprint density at radius 1 is 0.875 bits per heavy atom. The van der Waals surface area contributed by atoms with Gasteiger partial charge in [0.2, 0.25) is 0 Å². The third kappa shape index (κ3) is 5.38. The number of hydrogen-bond donors (Lipinski definition) is 1. The Bertz CT molecular complexity index is 1310. The van der Waals surface area contributed by atoms with Crippen molar-refractivity contribution in [2.45, 2.75) is 51.4 Å². The third-order valence-electron chi connectivity index (χ3n) is 6.93. The van der Waals surface area contributed by atoms with Crippen molar-refractivity contribution in [2.24, 2.45) is 0 Å². The van der Waals surface area contributed by atoms with Crippen molar-refractivity contribution in [3.8, 4) is 17.2 Å². The standard InChI is InChI=1S/C28H29F3N4O5/c1-5-38-23-15-32-13-11-21(23)17(3)27(18(4)22-12-14-33-16-24(22)39-6-2)25(36)35(26(37)34-27)19-7-9-20(10-8-19)40-28(29,30)31/h7-18H,5-6H2,1-4H3,(H,34,37). The normalized spacial score (nSPS) is 18.7. The molecule has 3 amide bonds. The topological polar surface area (TPSA) is 103 Å². The Kier molecular flexibility index (Phi) is 8.17. The van der Waals surface area contributed by atoms with Gasteiger partial charge in [-0.15, -0.1) is 13.2 Å². The molecule has 1 saturated heterocycles. The first-order valence-electron chi connectivity index (χ1n) is 12.7. The fourth-order valence-corrected chi connectivity index (χ4v) is 5.10. The molecule has 1 N–H and O–H groups in total. The lowest BCUT2D eigenvalue weighted by atomic mass is 9.69. The molecule has 3 aromatic rings. The maximum Gasteiger partial charge on any atom is 0.573 e. The summed E-state index contributed by atoms with van der Waals surface area (Å²) in [6, 6.07) is 7.26. The SMILES string of the molecule is CCOc1cnccc1C(C)C1(C(C)c2ccncc2OCC)NC(=O)N(c2ccc(OC(F)(F)F)cc2)C1=O. The van der Waals surface area contributed by atoms with Crippen molar-refractivity contribution in [1.29, 1.82) is 0 Å². The number of ether oxygens (including phenoxy) is 3. The number of pyridine rings is 2. The number of benzene rings is 1. The van der Waals surface area contributed by atoms with E-state index in [0.29, 0.717) is 35.8 Å². The molecule has 0 saturated carbocycles. The van der Waals surface area contributed by atoms with E-state index >= 15 is 0 Å². The Balaban J connectivity index is 1.84. The lowest BCUT2D eigenvalue weighted by Gasteiger charge is -2.39. The number of nitrogens with one attached hydrogen (secondary N) is 1. The van der Waals surface area contributed by atoms with Gasteiger partial charge in [-0.3, -0.25) is 14.8 Å². The fraction of sp³-hybridized carbons (Fsp3) is 0.357. The smallest absolute Gasteiger partial charge is 0.492 e. The third-order valence-corrected chi connectivity index (χ3v) is 6.93. The van der Waals surface area contributed by atoms with Gasteiger partial charge in [-0.2, -0.15) is 0 Å². The highest BCUT2D eigenvalue weighted by molar-refractivity contribution is 6.24. The zero-order valence-corrected chi connectivity index (χ0v) is 22.4. The first-order chi connectivity index (χ1) is 19.0. The number of anilines is 1. The Labute approximate surface area is 229 Å². The summed E-state index contributed by atoms with van der Waals surface area (Å²) in [5, 5.41) is 2.93. The average Bonchev–Trinajstić information content (AvgIpc) is 3.19. The lowest BCUT2D eigenvalue weighted by molar-refractivity contribution is -0.274. The van der Waals surface area contributed by atoms with Gasteiger partial charge in [0.25, 0.3) is 5.91 Å². The summed E-state index contributed by atoms with van der Waals surface area (Å²) in [6.45, 7) is 7.95. The van der Waals surface area contributed by atoms with Gasteiger partial charge in [-0.1, -0.05) is 13.8 Å². The molecule has 1 fully saturated rings. The number of hydrogen-bond acceptors (Lipinski definition) is 7. The zero-order chi connectivity index (χ0) is 29.1. The second-order valence-corrected chi connectivity index (χ2v) is 9.12. The molecule has 1 aliphatic rings. The number of nitrogens with zero attached hydrogens (tertiary/aromatic N) is 3. The predicted octanol–water partition coefficient (Wildman–Crippen LogP) is 5.58. The Morgan fingerprint density at radius 3 is 1.82 bits per heavy atom. The maximum absolute atomic E-state index is 14.4. The van der Waals surface area contributed by atoms with Gasteiger partial charge in [-0.25, -0.2) is 9.69 Å². The van der Waals surface area contributed by atoms with Crippen LogP contribution in [0, 0.1) is 0 Å². The Morgan fingerprint density at radius 2 is 1.38 bits per heavy atom. The molecule has 2 aromatic heterocycles.